The van der Waals surface area contributed by atoms with E-state index in [-0.39, 0.29) is 15.0 Å². The number of sulfonamides is 1. The molecule has 3 aromatic rings. The lowest BCUT2D eigenvalue weighted by atomic mass is 9.81. The van der Waals surface area contributed by atoms with Gasteiger partial charge < -0.3 is 0 Å². The lowest BCUT2D eigenvalue weighted by Crippen LogP contribution is -2.24. The van der Waals surface area contributed by atoms with E-state index in [1.54, 1.807) is 41.8 Å². The van der Waals surface area contributed by atoms with Gasteiger partial charge in [-0.1, -0.05) is 44.4 Å². The van der Waals surface area contributed by atoms with Gasteiger partial charge in [-0.3, -0.25) is 0 Å². The number of aryl methyl sites for hydroxylation is 1. The lowest BCUT2D eigenvalue weighted by Gasteiger charge is -2.26. The van der Waals surface area contributed by atoms with Crippen molar-refractivity contribution in [2.75, 3.05) is 0 Å². The quantitative estimate of drug-likeness (QED) is 0.543. The molecule has 2 aromatic heterocycles. The largest absolute Gasteiger partial charge is 0.283 e. The Hall–Kier alpha value is -2.01. The highest BCUT2D eigenvalue weighted by Gasteiger charge is 2.34. The number of hydrogen-bond acceptors (Lipinski definition) is 6. The Kier molecular flexibility index (Phi) is 6.51. The van der Waals surface area contributed by atoms with Gasteiger partial charge in [0.25, 0.3) is 10.0 Å². The number of benzene rings is 1. The van der Waals surface area contributed by atoms with Crippen LogP contribution in [0.2, 0.25) is 0 Å². The molecule has 10 heteroatoms. The van der Waals surface area contributed by atoms with Crippen LogP contribution >= 0.6 is 11.3 Å². The summed E-state index contributed by atoms with van der Waals surface area (Å²) >= 11 is 1.04. The summed E-state index contributed by atoms with van der Waals surface area (Å²) in [5.74, 6) is -0.480. The van der Waals surface area contributed by atoms with E-state index < -0.39 is 26.0 Å². The molecule has 0 aliphatic rings. The van der Waals surface area contributed by atoms with Crippen LogP contribution in [0.3, 0.4) is 0 Å². The maximum Gasteiger partial charge on any atom is 0.283 e. The molecule has 162 valence electrons. The fourth-order valence-corrected chi connectivity index (χ4v) is 6.92. The minimum Gasteiger partial charge on any atom is -0.224 e. The predicted octanol–water partition coefficient (Wildman–Crippen LogP) is 3.71. The SMILES string of the molecule is CCC(CC)C(c1ccsc1S(N)(=O)=O)c1ccnn1S(=O)(=O)c1ccc(C)cc1. The molecule has 7 nitrogen and oxygen atoms in total. The third kappa shape index (κ3) is 4.22. The fraction of sp³-hybridized carbons (Fsp3) is 0.350. The monoisotopic (exact) mass is 467 g/mol. The zero-order valence-corrected chi connectivity index (χ0v) is 19.5. The molecule has 0 saturated carbocycles. The molecule has 0 spiro atoms. The van der Waals surface area contributed by atoms with Gasteiger partial charge in [-0.15, -0.1) is 11.3 Å². The van der Waals surface area contributed by atoms with Gasteiger partial charge in [0, 0.05) is 5.92 Å². The summed E-state index contributed by atoms with van der Waals surface area (Å²) < 4.78 is 52.1. The highest BCUT2D eigenvalue weighted by molar-refractivity contribution is 7.91. The zero-order valence-electron chi connectivity index (χ0n) is 17.0. The van der Waals surface area contributed by atoms with Crippen molar-refractivity contribution >= 4 is 31.4 Å². The van der Waals surface area contributed by atoms with Crippen LogP contribution in [0, 0.1) is 12.8 Å². The summed E-state index contributed by atoms with van der Waals surface area (Å²) in [7, 11) is -7.89. The van der Waals surface area contributed by atoms with Gasteiger partial charge in [0.1, 0.15) is 4.21 Å². The van der Waals surface area contributed by atoms with Crippen LogP contribution in [0.15, 0.2) is 57.1 Å². The third-order valence-corrected chi connectivity index (χ3v) is 9.36. The Bertz CT molecular complexity index is 1220. The minimum absolute atomic E-state index is 0.00349. The molecule has 2 N–H and O–H groups in total. The van der Waals surface area contributed by atoms with E-state index in [9.17, 15) is 16.8 Å². The average molecular weight is 468 g/mol. The van der Waals surface area contributed by atoms with Gasteiger partial charge in [0.15, 0.2) is 0 Å². The fourth-order valence-electron chi connectivity index (χ4n) is 3.72. The molecule has 0 aliphatic carbocycles. The highest BCUT2D eigenvalue weighted by atomic mass is 32.2. The van der Waals surface area contributed by atoms with Crippen molar-refractivity contribution in [1.82, 2.24) is 9.19 Å². The molecule has 3 rings (SSSR count). The second kappa shape index (κ2) is 8.62. The van der Waals surface area contributed by atoms with E-state index in [2.05, 4.69) is 5.10 Å². The van der Waals surface area contributed by atoms with E-state index in [1.807, 2.05) is 20.8 Å². The Morgan fingerprint density at radius 3 is 2.23 bits per heavy atom. The van der Waals surface area contributed by atoms with Crippen LogP contribution in [0.1, 0.15) is 49.4 Å². The van der Waals surface area contributed by atoms with Crippen molar-refractivity contribution < 1.29 is 16.8 Å². The van der Waals surface area contributed by atoms with Crippen molar-refractivity contribution in [2.45, 2.75) is 48.6 Å². The van der Waals surface area contributed by atoms with Gasteiger partial charge >= 0.3 is 0 Å². The van der Waals surface area contributed by atoms with E-state index in [1.165, 1.54) is 6.20 Å². The van der Waals surface area contributed by atoms with E-state index in [0.29, 0.717) is 11.3 Å². The molecule has 0 bridgehead atoms. The minimum atomic E-state index is -3.95. The molecule has 0 radical (unpaired) electrons. The van der Waals surface area contributed by atoms with Crippen LogP contribution < -0.4 is 5.14 Å². The van der Waals surface area contributed by atoms with Gasteiger partial charge in [-0.05, 0) is 48.1 Å². The summed E-state index contributed by atoms with van der Waals surface area (Å²) in [6, 6.07) is 9.90. The number of nitrogens with two attached hydrogens (primary N) is 1. The summed E-state index contributed by atoms with van der Waals surface area (Å²) in [6.07, 6.45) is 2.90. The van der Waals surface area contributed by atoms with Crippen LogP contribution in [0.4, 0.5) is 0 Å². The third-order valence-electron chi connectivity index (χ3n) is 5.27. The number of hydrogen-bond donors (Lipinski definition) is 1. The zero-order chi connectivity index (χ0) is 22.1. The van der Waals surface area contributed by atoms with Crippen LogP contribution in [0.25, 0.3) is 0 Å². The van der Waals surface area contributed by atoms with E-state index in [0.717, 1.165) is 33.8 Å². The second-order valence-electron chi connectivity index (χ2n) is 7.18. The first-order valence-electron chi connectivity index (χ1n) is 9.57. The Morgan fingerprint density at radius 2 is 1.67 bits per heavy atom. The maximum atomic E-state index is 13.3. The Labute approximate surface area is 181 Å². The first-order valence-corrected chi connectivity index (χ1v) is 13.4. The van der Waals surface area contributed by atoms with Gasteiger partial charge in [0.05, 0.1) is 16.8 Å². The predicted molar refractivity (Wildman–Crippen MR) is 118 cm³/mol. The van der Waals surface area contributed by atoms with Crippen molar-refractivity contribution in [2.24, 2.45) is 11.1 Å². The topological polar surface area (TPSA) is 112 Å². The number of rotatable bonds is 8. The lowest BCUT2D eigenvalue weighted by molar-refractivity contribution is 0.424. The van der Waals surface area contributed by atoms with Gasteiger partial charge in [0.2, 0.25) is 10.0 Å². The molecule has 0 amide bonds. The summed E-state index contributed by atoms with van der Waals surface area (Å²) in [5, 5.41) is 11.2. The van der Waals surface area contributed by atoms with Crippen LogP contribution in [-0.4, -0.2) is 26.0 Å². The van der Waals surface area contributed by atoms with E-state index >= 15 is 0 Å². The van der Waals surface area contributed by atoms with Crippen molar-refractivity contribution in [3.63, 3.8) is 0 Å². The second-order valence-corrected chi connectivity index (χ2v) is 11.6. The van der Waals surface area contributed by atoms with Crippen molar-refractivity contribution in [3.05, 3.63) is 64.8 Å². The number of nitrogens with zero attached hydrogens (tertiary/aromatic N) is 2. The molecule has 1 unspecified atom stereocenters. The smallest absolute Gasteiger partial charge is 0.224 e. The summed E-state index contributed by atoms with van der Waals surface area (Å²) in [4.78, 5) is 0.123. The Balaban J connectivity index is 2.23. The molecule has 0 saturated heterocycles. The first kappa shape index (κ1) is 22.7. The number of thiophene rings is 1. The van der Waals surface area contributed by atoms with Crippen LogP contribution in [-0.2, 0) is 20.0 Å². The van der Waals surface area contributed by atoms with Crippen LogP contribution in [0.5, 0.6) is 0 Å². The molecular formula is C20H25N3O4S3. The number of aromatic nitrogens is 2. The molecular weight excluding hydrogens is 442 g/mol. The molecule has 1 aromatic carbocycles. The summed E-state index contributed by atoms with van der Waals surface area (Å²) in [5.41, 5.74) is 1.88. The highest BCUT2D eigenvalue weighted by Crippen LogP contribution is 2.41. The average Bonchev–Trinajstić information content (AvgIpc) is 3.36. The maximum absolute atomic E-state index is 13.3. The molecule has 0 aliphatic heterocycles. The van der Waals surface area contributed by atoms with Crippen molar-refractivity contribution in [3.8, 4) is 0 Å². The van der Waals surface area contributed by atoms with Gasteiger partial charge in [-0.25, -0.2) is 13.6 Å². The Morgan fingerprint density at radius 1 is 1.03 bits per heavy atom. The van der Waals surface area contributed by atoms with Gasteiger partial charge in [-0.2, -0.15) is 17.6 Å². The summed E-state index contributed by atoms with van der Waals surface area (Å²) in [6.45, 7) is 5.88. The molecule has 0 fully saturated rings. The van der Waals surface area contributed by atoms with Crippen molar-refractivity contribution in [1.29, 1.82) is 0 Å². The standard InChI is InChI=1S/C20H25N3O4S3/c1-4-15(5-2)19(17-11-13-28-20(17)29(21,24)25)18-10-12-22-23(18)30(26,27)16-8-6-14(3)7-9-16/h6-13,15,19H,4-5H2,1-3H3,(H2,21,24,25). The molecule has 1 atom stereocenters. The first-order chi connectivity index (χ1) is 14.1. The number of primary sulfonamides is 1. The van der Waals surface area contributed by atoms with E-state index in [4.69, 9.17) is 5.14 Å². The normalized spacial score (nSPS) is 13.6. The molecule has 2 heterocycles. The molecule has 30 heavy (non-hydrogen) atoms.